The van der Waals surface area contributed by atoms with Gasteiger partial charge in [-0.05, 0) is 49.7 Å². The standard InChI is InChI=1S/C14H25NO2S/c1-18-9-13(4-5-16)15-14(17)8-12-7-10-2-3-11(12)6-10/h10-13,16H,2-9H2,1H3,(H,15,17). The highest BCUT2D eigenvalue weighted by Gasteiger charge is 2.40. The van der Waals surface area contributed by atoms with Crippen LogP contribution in [-0.2, 0) is 4.79 Å². The minimum atomic E-state index is 0.135. The van der Waals surface area contributed by atoms with Crippen molar-refractivity contribution in [1.29, 1.82) is 0 Å². The second-order valence-electron chi connectivity index (χ2n) is 5.87. The second kappa shape index (κ2) is 6.80. The highest BCUT2D eigenvalue weighted by molar-refractivity contribution is 7.98. The number of aliphatic hydroxyl groups is 1. The monoisotopic (exact) mass is 271 g/mol. The Morgan fingerprint density at radius 1 is 1.44 bits per heavy atom. The summed E-state index contributed by atoms with van der Waals surface area (Å²) in [7, 11) is 0. The van der Waals surface area contributed by atoms with E-state index in [-0.39, 0.29) is 18.6 Å². The third-order valence-corrected chi connectivity index (χ3v) is 5.28. The molecule has 2 aliphatic carbocycles. The molecule has 2 bridgehead atoms. The van der Waals surface area contributed by atoms with Crippen LogP contribution in [0.5, 0.6) is 0 Å². The summed E-state index contributed by atoms with van der Waals surface area (Å²) < 4.78 is 0. The van der Waals surface area contributed by atoms with E-state index in [0.29, 0.717) is 18.8 Å². The molecule has 2 fully saturated rings. The number of carbonyl (C=O) groups excluding carboxylic acids is 1. The molecule has 4 heteroatoms. The van der Waals surface area contributed by atoms with Crippen molar-refractivity contribution in [3.63, 3.8) is 0 Å². The number of aliphatic hydroxyl groups excluding tert-OH is 1. The van der Waals surface area contributed by atoms with Gasteiger partial charge in [-0.15, -0.1) is 0 Å². The minimum absolute atomic E-state index is 0.135. The largest absolute Gasteiger partial charge is 0.396 e. The molecule has 0 heterocycles. The molecular formula is C14H25NO2S. The summed E-state index contributed by atoms with van der Waals surface area (Å²) in [5.41, 5.74) is 0. The molecule has 2 aliphatic rings. The Kier molecular flexibility index (Phi) is 5.37. The first-order valence-corrected chi connectivity index (χ1v) is 8.51. The fraction of sp³-hybridized carbons (Fsp3) is 0.929. The highest BCUT2D eigenvalue weighted by atomic mass is 32.2. The van der Waals surface area contributed by atoms with Crippen LogP contribution in [0.2, 0.25) is 0 Å². The molecule has 4 unspecified atom stereocenters. The van der Waals surface area contributed by atoms with Crippen LogP contribution < -0.4 is 5.32 Å². The van der Waals surface area contributed by atoms with E-state index < -0.39 is 0 Å². The normalized spacial score (nSPS) is 31.6. The Labute approximate surface area is 114 Å². The van der Waals surface area contributed by atoms with Crippen LogP contribution in [0, 0.1) is 17.8 Å². The number of hydrogen-bond donors (Lipinski definition) is 2. The SMILES string of the molecule is CSCC(CCO)NC(=O)CC1CC2CCC1C2. The first-order valence-electron chi connectivity index (χ1n) is 7.12. The minimum Gasteiger partial charge on any atom is -0.396 e. The van der Waals surface area contributed by atoms with Crippen molar-refractivity contribution >= 4 is 17.7 Å². The average Bonchev–Trinajstić information content (AvgIpc) is 2.91. The van der Waals surface area contributed by atoms with Crippen molar-refractivity contribution in [1.82, 2.24) is 5.32 Å². The highest BCUT2D eigenvalue weighted by Crippen LogP contribution is 2.49. The molecule has 2 saturated carbocycles. The van der Waals surface area contributed by atoms with E-state index in [0.717, 1.165) is 17.6 Å². The van der Waals surface area contributed by atoms with E-state index in [1.54, 1.807) is 11.8 Å². The summed E-state index contributed by atoms with van der Waals surface area (Å²) in [5.74, 6) is 3.45. The van der Waals surface area contributed by atoms with Gasteiger partial charge in [0.15, 0.2) is 0 Å². The topological polar surface area (TPSA) is 49.3 Å². The number of nitrogens with one attached hydrogen (secondary N) is 1. The Morgan fingerprint density at radius 2 is 2.28 bits per heavy atom. The van der Waals surface area contributed by atoms with Crippen molar-refractivity contribution in [2.75, 3.05) is 18.6 Å². The van der Waals surface area contributed by atoms with Gasteiger partial charge >= 0.3 is 0 Å². The maximum Gasteiger partial charge on any atom is 0.220 e. The first-order chi connectivity index (χ1) is 8.72. The van der Waals surface area contributed by atoms with Crippen LogP contribution in [0.15, 0.2) is 0 Å². The first kappa shape index (κ1) is 14.2. The maximum absolute atomic E-state index is 12.0. The zero-order valence-electron chi connectivity index (χ0n) is 11.2. The van der Waals surface area contributed by atoms with E-state index in [4.69, 9.17) is 5.11 Å². The van der Waals surface area contributed by atoms with Gasteiger partial charge < -0.3 is 10.4 Å². The molecule has 0 aromatic rings. The molecule has 4 atom stereocenters. The number of carbonyl (C=O) groups is 1. The molecular weight excluding hydrogens is 246 g/mol. The lowest BCUT2D eigenvalue weighted by Crippen LogP contribution is -2.38. The summed E-state index contributed by atoms with van der Waals surface area (Å²) >= 11 is 1.72. The van der Waals surface area contributed by atoms with Gasteiger partial charge in [-0.2, -0.15) is 11.8 Å². The van der Waals surface area contributed by atoms with Crippen LogP contribution in [0.25, 0.3) is 0 Å². The number of amides is 1. The lowest BCUT2D eigenvalue weighted by molar-refractivity contribution is -0.123. The molecule has 0 aliphatic heterocycles. The van der Waals surface area contributed by atoms with Gasteiger partial charge in [-0.25, -0.2) is 0 Å². The molecule has 0 radical (unpaired) electrons. The second-order valence-corrected chi connectivity index (χ2v) is 6.78. The summed E-state index contributed by atoms with van der Waals surface area (Å²) in [6.45, 7) is 0.152. The molecule has 0 aromatic heterocycles. The van der Waals surface area contributed by atoms with E-state index in [1.807, 2.05) is 6.26 Å². The zero-order chi connectivity index (χ0) is 13.0. The summed E-state index contributed by atoms with van der Waals surface area (Å²) in [5, 5.41) is 12.1. The van der Waals surface area contributed by atoms with Crippen LogP contribution in [0.4, 0.5) is 0 Å². The molecule has 104 valence electrons. The fourth-order valence-electron chi connectivity index (χ4n) is 3.71. The number of fused-ring (bicyclic) bond motifs is 2. The van der Waals surface area contributed by atoms with Crippen LogP contribution in [-0.4, -0.2) is 35.7 Å². The molecule has 18 heavy (non-hydrogen) atoms. The van der Waals surface area contributed by atoms with Crippen molar-refractivity contribution in [3.8, 4) is 0 Å². The average molecular weight is 271 g/mol. The third kappa shape index (κ3) is 3.64. The Balaban J connectivity index is 1.73. The van der Waals surface area contributed by atoms with Gasteiger partial charge in [0.1, 0.15) is 0 Å². The van der Waals surface area contributed by atoms with Crippen molar-refractivity contribution < 1.29 is 9.90 Å². The zero-order valence-corrected chi connectivity index (χ0v) is 12.0. The van der Waals surface area contributed by atoms with Gasteiger partial charge in [0.2, 0.25) is 5.91 Å². The molecule has 3 nitrogen and oxygen atoms in total. The number of thioether (sulfide) groups is 1. The Morgan fingerprint density at radius 3 is 2.83 bits per heavy atom. The van der Waals surface area contributed by atoms with Gasteiger partial charge in [0.05, 0.1) is 0 Å². The van der Waals surface area contributed by atoms with Crippen molar-refractivity contribution in [2.24, 2.45) is 17.8 Å². The van der Waals surface area contributed by atoms with E-state index in [2.05, 4.69) is 5.32 Å². The summed E-state index contributed by atoms with van der Waals surface area (Å²) in [6, 6.07) is 0.135. The Bertz CT molecular complexity index is 279. The van der Waals surface area contributed by atoms with Gasteiger partial charge in [-0.1, -0.05) is 6.42 Å². The molecule has 0 aromatic carbocycles. The van der Waals surface area contributed by atoms with Crippen molar-refractivity contribution in [3.05, 3.63) is 0 Å². The third-order valence-electron chi connectivity index (χ3n) is 4.54. The predicted octanol–water partition coefficient (Wildman–Crippen LogP) is 2.04. The van der Waals surface area contributed by atoms with Crippen LogP contribution >= 0.6 is 11.8 Å². The molecule has 2 rings (SSSR count). The Hall–Kier alpha value is -0.220. The molecule has 0 saturated heterocycles. The quantitative estimate of drug-likeness (QED) is 0.745. The molecule has 2 N–H and O–H groups in total. The van der Waals surface area contributed by atoms with Crippen molar-refractivity contribution in [2.45, 2.75) is 44.6 Å². The van der Waals surface area contributed by atoms with E-state index in [9.17, 15) is 4.79 Å². The van der Waals surface area contributed by atoms with Gasteiger partial charge in [-0.3, -0.25) is 4.79 Å². The van der Waals surface area contributed by atoms with Crippen LogP contribution in [0.3, 0.4) is 0 Å². The molecule has 1 amide bonds. The number of hydrogen-bond acceptors (Lipinski definition) is 3. The maximum atomic E-state index is 12.0. The summed E-state index contributed by atoms with van der Waals surface area (Å²) in [4.78, 5) is 12.0. The van der Waals surface area contributed by atoms with Gasteiger partial charge in [0.25, 0.3) is 0 Å². The van der Waals surface area contributed by atoms with Gasteiger partial charge in [0, 0.05) is 24.8 Å². The lowest BCUT2D eigenvalue weighted by Gasteiger charge is -2.23. The number of rotatable bonds is 7. The lowest BCUT2D eigenvalue weighted by atomic mass is 9.86. The van der Waals surface area contributed by atoms with Crippen LogP contribution in [0.1, 0.15) is 38.5 Å². The van der Waals surface area contributed by atoms with E-state index in [1.165, 1.54) is 25.7 Å². The molecule has 0 spiro atoms. The van der Waals surface area contributed by atoms with E-state index >= 15 is 0 Å². The predicted molar refractivity (Wildman–Crippen MR) is 75.6 cm³/mol. The smallest absolute Gasteiger partial charge is 0.220 e. The summed E-state index contributed by atoms with van der Waals surface area (Å²) in [6.07, 6.45) is 8.78. The fourth-order valence-corrected chi connectivity index (χ4v) is 4.36.